The number of nitrogens with one attached hydrogen (secondary N) is 1. The average molecular weight is 193 g/mol. The Morgan fingerprint density at radius 2 is 2.21 bits per heavy atom. The van der Waals surface area contributed by atoms with Crippen molar-refractivity contribution in [3.63, 3.8) is 0 Å². The van der Waals surface area contributed by atoms with Crippen LogP contribution < -0.4 is 10.1 Å². The van der Waals surface area contributed by atoms with E-state index in [4.69, 9.17) is 4.74 Å². The van der Waals surface area contributed by atoms with E-state index in [1.807, 2.05) is 13.0 Å². The SMILES string of the molecule is COc1ccc(C)cc1NC(=O)C=O. The molecule has 1 aromatic carbocycles. The second kappa shape index (κ2) is 4.41. The van der Waals surface area contributed by atoms with Gasteiger partial charge in [0, 0.05) is 0 Å². The second-order valence-corrected chi connectivity index (χ2v) is 2.81. The molecule has 1 amide bonds. The Morgan fingerprint density at radius 3 is 2.79 bits per heavy atom. The minimum Gasteiger partial charge on any atom is -0.495 e. The van der Waals surface area contributed by atoms with Crippen molar-refractivity contribution in [2.45, 2.75) is 6.92 Å². The van der Waals surface area contributed by atoms with Crippen LogP contribution >= 0.6 is 0 Å². The second-order valence-electron chi connectivity index (χ2n) is 2.81. The highest BCUT2D eigenvalue weighted by Gasteiger charge is 2.05. The molecule has 0 aliphatic heterocycles. The molecule has 14 heavy (non-hydrogen) atoms. The third kappa shape index (κ3) is 2.32. The summed E-state index contributed by atoms with van der Waals surface area (Å²) in [6, 6.07) is 5.32. The Hall–Kier alpha value is -1.84. The summed E-state index contributed by atoms with van der Waals surface area (Å²) < 4.78 is 5.02. The van der Waals surface area contributed by atoms with E-state index < -0.39 is 5.91 Å². The number of anilines is 1. The highest BCUT2D eigenvalue weighted by Crippen LogP contribution is 2.24. The fourth-order valence-corrected chi connectivity index (χ4v) is 1.08. The van der Waals surface area contributed by atoms with Crippen LogP contribution in [0.3, 0.4) is 0 Å². The van der Waals surface area contributed by atoms with Crippen molar-refractivity contribution >= 4 is 17.9 Å². The van der Waals surface area contributed by atoms with E-state index in [0.717, 1.165) is 5.56 Å². The van der Waals surface area contributed by atoms with Crippen LogP contribution in [-0.2, 0) is 9.59 Å². The summed E-state index contributed by atoms with van der Waals surface area (Å²) in [5.74, 6) is -0.153. The number of aryl methyl sites for hydroxylation is 1. The zero-order chi connectivity index (χ0) is 10.6. The molecular weight excluding hydrogens is 182 g/mol. The first-order valence-corrected chi connectivity index (χ1v) is 4.08. The van der Waals surface area contributed by atoms with E-state index in [-0.39, 0.29) is 6.29 Å². The van der Waals surface area contributed by atoms with Crippen LogP contribution in [0.15, 0.2) is 18.2 Å². The Labute approximate surface area is 81.9 Å². The van der Waals surface area contributed by atoms with Crippen molar-refractivity contribution in [1.29, 1.82) is 0 Å². The van der Waals surface area contributed by atoms with Crippen LogP contribution in [-0.4, -0.2) is 19.3 Å². The lowest BCUT2D eigenvalue weighted by molar-refractivity contribution is -0.127. The van der Waals surface area contributed by atoms with E-state index in [0.29, 0.717) is 11.4 Å². The molecule has 0 bridgehead atoms. The maximum absolute atomic E-state index is 10.8. The van der Waals surface area contributed by atoms with Gasteiger partial charge in [0.25, 0.3) is 5.91 Å². The number of hydrogen-bond acceptors (Lipinski definition) is 3. The lowest BCUT2D eigenvalue weighted by Crippen LogP contribution is -2.13. The summed E-state index contributed by atoms with van der Waals surface area (Å²) in [4.78, 5) is 21.0. The van der Waals surface area contributed by atoms with Crippen molar-refractivity contribution < 1.29 is 14.3 Å². The van der Waals surface area contributed by atoms with Gasteiger partial charge in [-0.2, -0.15) is 0 Å². The number of amides is 1. The van der Waals surface area contributed by atoms with Gasteiger partial charge in [-0.05, 0) is 24.6 Å². The molecular formula is C10H11NO3. The van der Waals surface area contributed by atoms with Crippen LogP contribution in [0.5, 0.6) is 5.75 Å². The number of benzene rings is 1. The van der Waals surface area contributed by atoms with Gasteiger partial charge < -0.3 is 10.1 Å². The Kier molecular flexibility index (Phi) is 3.23. The number of methoxy groups -OCH3 is 1. The van der Waals surface area contributed by atoms with E-state index in [2.05, 4.69) is 5.32 Å². The van der Waals surface area contributed by atoms with Crippen LogP contribution in [0, 0.1) is 6.92 Å². The van der Waals surface area contributed by atoms with Gasteiger partial charge in [0.15, 0.2) is 0 Å². The molecule has 0 heterocycles. The molecule has 0 aliphatic carbocycles. The molecule has 74 valence electrons. The molecule has 0 atom stereocenters. The van der Waals surface area contributed by atoms with Gasteiger partial charge in [0.2, 0.25) is 6.29 Å². The predicted molar refractivity (Wildman–Crippen MR) is 52.4 cm³/mol. The van der Waals surface area contributed by atoms with Crippen LogP contribution in [0.25, 0.3) is 0 Å². The third-order valence-electron chi connectivity index (χ3n) is 1.72. The summed E-state index contributed by atoms with van der Waals surface area (Å²) in [6.45, 7) is 1.88. The average Bonchev–Trinajstić information content (AvgIpc) is 2.18. The monoisotopic (exact) mass is 193 g/mol. The number of aldehydes is 1. The third-order valence-corrected chi connectivity index (χ3v) is 1.72. The van der Waals surface area contributed by atoms with Crippen molar-refractivity contribution in [3.8, 4) is 5.75 Å². The quantitative estimate of drug-likeness (QED) is 0.578. The summed E-state index contributed by atoms with van der Waals surface area (Å²) in [7, 11) is 1.50. The minimum absolute atomic E-state index is 0.224. The summed E-state index contributed by atoms with van der Waals surface area (Å²) >= 11 is 0. The van der Waals surface area contributed by atoms with Gasteiger partial charge >= 0.3 is 0 Å². The smallest absolute Gasteiger partial charge is 0.288 e. The molecule has 1 N–H and O–H groups in total. The van der Waals surface area contributed by atoms with E-state index in [1.165, 1.54) is 7.11 Å². The molecule has 4 heteroatoms. The molecule has 1 aromatic rings. The first-order chi connectivity index (χ1) is 6.67. The van der Waals surface area contributed by atoms with Gasteiger partial charge in [-0.1, -0.05) is 6.07 Å². The molecule has 0 saturated heterocycles. The number of hydrogen-bond donors (Lipinski definition) is 1. The molecule has 0 aliphatic rings. The molecule has 0 unspecified atom stereocenters. The zero-order valence-electron chi connectivity index (χ0n) is 8.03. The van der Waals surface area contributed by atoms with Crippen LogP contribution in [0.1, 0.15) is 5.56 Å². The van der Waals surface area contributed by atoms with Gasteiger partial charge in [0.05, 0.1) is 12.8 Å². The fourth-order valence-electron chi connectivity index (χ4n) is 1.08. The number of carbonyl (C=O) groups is 2. The maximum atomic E-state index is 10.8. The summed E-state index contributed by atoms with van der Waals surface area (Å²) in [5, 5.41) is 2.42. The largest absolute Gasteiger partial charge is 0.495 e. The molecule has 0 saturated carbocycles. The van der Waals surface area contributed by atoms with Gasteiger partial charge in [-0.3, -0.25) is 9.59 Å². The van der Waals surface area contributed by atoms with Crippen LogP contribution in [0.2, 0.25) is 0 Å². The topological polar surface area (TPSA) is 55.4 Å². The standard InChI is InChI=1S/C10H11NO3/c1-7-3-4-9(14-2)8(5-7)11-10(13)6-12/h3-6H,1-2H3,(H,11,13). The summed E-state index contributed by atoms with van der Waals surface area (Å²) in [5.41, 5.74) is 1.48. The first kappa shape index (κ1) is 10.2. The van der Waals surface area contributed by atoms with Gasteiger partial charge in [-0.15, -0.1) is 0 Å². The maximum Gasteiger partial charge on any atom is 0.288 e. The predicted octanol–water partition coefficient (Wildman–Crippen LogP) is 1.14. The highest BCUT2D eigenvalue weighted by molar-refractivity contribution is 6.29. The van der Waals surface area contributed by atoms with Crippen molar-refractivity contribution in [2.24, 2.45) is 0 Å². The number of ether oxygens (including phenoxy) is 1. The summed E-state index contributed by atoms with van der Waals surface area (Å²) in [6.07, 6.45) is 0.224. The number of rotatable bonds is 3. The highest BCUT2D eigenvalue weighted by atomic mass is 16.5. The van der Waals surface area contributed by atoms with Crippen LogP contribution in [0.4, 0.5) is 5.69 Å². The molecule has 0 radical (unpaired) electrons. The molecule has 0 fully saturated rings. The normalized spacial score (nSPS) is 9.29. The van der Waals surface area contributed by atoms with Gasteiger partial charge in [0.1, 0.15) is 5.75 Å². The van der Waals surface area contributed by atoms with Gasteiger partial charge in [-0.25, -0.2) is 0 Å². The van der Waals surface area contributed by atoms with Crippen molar-refractivity contribution in [2.75, 3.05) is 12.4 Å². The Bertz CT molecular complexity index is 360. The lowest BCUT2D eigenvalue weighted by atomic mass is 10.2. The molecule has 1 rings (SSSR count). The first-order valence-electron chi connectivity index (χ1n) is 4.08. The van der Waals surface area contributed by atoms with E-state index >= 15 is 0 Å². The molecule has 0 spiro atoms. The molecule has 4 nitrogen and oxygen atoms in total. The van der Waals surface area contributed by atoms with Crippen molar-refractivity contribution in [1.82, 2.24) is 0 Å². The lowest BCUT2D eigenvalue weighted by Gasteiger charge is -2.08. The minimum atomic E-state index is -0.686. The zero-order valence-corrected chi connectivity index (χ0v) is 8.03. The van der Waals surface area contributed by atoms with Crippen molar-refractivity contribution in [3.05, 3.63) is 23.8 Å². The van der Waals surface area contributed by atoms with E-state index in [9.17, 15) is 9.59 Å². The Morgan fingerprint density at radius 1 is 1.50 bits per heavy atom. The molecule has 0 aromatic heterocycles. The Balaban J connectivity index is 2.98. The number of carbonyl (C=O) groups excluding carboxylic acids is 2. The van der Waals surface area contributed by atoms with E-state index in [1.54, 1.807) is 12.1 Å². The fraction of sp³-hybridized carbons (Fsp3) is 0.200.